The SMILES string of the molecule is CCC(Oc1ccccc1C(C)CC)C(=O)Nc1cc(C(F)(F)F)ccc1Cl. The van der Waals surface area contributed by atoms with Crippen LogP contribution >= 0.6 is 11.6 Å². The van der Waals surface area contributed by atoms with Gasteiger partial charge in [0.05, 0.1) is 16.3 Å². The number of halogens is 4. The maximum atomic E-state index is 12.9. The average Bonchev–Trinajstić information content (AvgIpc) is 2.66. The van der Waals surface area contributed by atoms with E-state index in [0.717, 1.165) is 30.2 Å². The lowest BCUT2D eigenvalue weighted by Crippen LogP contribution is -2.33. The van der Waals surface area contributed by atoms with Crippen molar-refractivity contribution in [1.29, 1.82) is 0 Å². The Kier molecular flexibility index (Phi) is 7.35. The molecule has 152 valence electrons. The molecule has 2 atom stereocenters. The number of alkyl halides is 3. The highest BCUT2D eigenvalue weighted by atomic mass is 35.5. The molecule has 0 fully saturated rings. The third-order valence-corrected chi connectivity index (χ3v) is 4.88. The normalized spacial score (nSPS) is 13.7. The highest BCUT2D eigenvalue weighted by molar-refractivity contribution is 6.33. The minimum Gasteiger partial charge on any atom is -0.480 e. The summed E-state index contributed by atoms with van der Waals surface area (Å²) in [4.78, 5) is 12.6. The van der Waals surface area contributed by atoms with E-state index in [4.69, 9.17) is 16.3 Å². The van der Waals surface area contributed by atoms with E-state index >= 15 is 0 Å². The number of ether oxygens (including phenoxy) is 1. The molecular weight excluding hydrogens is 391 g/mol. The predicted molar refractivity (Wildman–Crippen MR) is 105 cm³/mol. The number of hydrogen-bond donors (Lipinski definition) is 1. The largest absolute Gasteiger partial charge is 0.480 e. The molecule has 3 nitrogen and oxygen atoms in total. The molecule has 2 rings (SSSR count). The fraction of sp³-hybridized carbons (Fsp3) is 0.381. The molecule has 0 bridgehead atoms. The van der Waals surface area contributed by atoms with Crippen LogP contribution in [0.2, 0.25) is 5.02 Å². The van der Waals surface area contributed by atoms with Gasteiger partial charge in [-0.15, -0.1) is 0 Å². The zero-order valence-electron chi connectivity index (χ0n) is 15.9. The van der Waals surface area contributed by atoms with E-state index in [9.17, 15) is 18.0 Å². The third-order valence-electron chi connectivity index (χ3n) is 4.55. The summed E-state index contributed by atoms with van der Waals surface area (Å²) in [5, 5.41) is 2.49. The van der Waals surface area contributed by atoms with Gasteiger partial charge in [-0.05, 0) is 48.6 Å². The second kappa shape index (κ2) is 9.32. The Morgan fingerprint density at radius 2 is 1.82 bits per heavy atom. The van der Waals surface area contributed by atoms with Crippen molar-refractivity contribution in [3.63, 3.8) is 0 Å². The van der Waals surface area contributed by atoms with E-state index < -0.39 is 23.8 Å². The van der Waals surface area contributed by atoms with E-state index in [1.807, 2.05) is 18.2 Å². The summed E-state index contributed by atoms with van der Waals surface area (Å²) in [7, 11) is 0. The van der Waals surface area contributed by atoms with E-state index in [0.29, 0.717) is 12.2 Å². The zero-order valence-corrected chi connectivity index (χ0v) is 16.7. The van der Waals surface area contributed by atoms with Crippen molar-refractivity contribution in [2.24, 2.45) is 0 Å². The Morgan fingerprint density at radius 1 is 1.14 bits per heavy atom. The standard InChI is InChI=1S/C21H23ClF3NO2/c1-4-13(3)15-8-6-7-9-19(15)28-18(5-2)20(27)26-17-12-14(21(23,24)25)10-11-16(17)22/h6-13,18H,4-5H2,1-3H3,(H,26,27). The molecule has 0 saturated carbocycles. The van der Waals surface area contributed by atoms with Gasteiger partial charge in [-0.1, -0.05) is 50.6 Å². The van der Waals surface area contributed by atoms with Gasteiger partial charge in [0.2, 0.25) is 0 Å². The smallest absolute Gasteiger partial charge is 0.416 e. The minimum atomic E-state index is -4.53. The van der Waals surface area contributed by atoms with Crippen LogP contribution < -0.4 is 10.1 Å². The highest BCUT2D eigenvalue weighted by Gasteiger charge is 2.31. The number of rotatable bonds is 7. The van der Waals surface area contributed by atoms with E-state index in [2.05, 4.69) is 19.2 Å². The van der Waals surface area contributed by atoms with Crippen molar-refractivity contribution >= 4 is 23.2 Å². The van der Waals surface area contributed by atoms with Crippen LogP contribution in [0.4, 0.5) is 18.9 Å². The minimum absolute atomic E-state index is 0.0243. The first kappa shape index (κ1) is 22.1. The molecule has 28 heavy (non-hydrogen) atoms. The topological polar surface area (TPSA) is 38.3 Å². The number of anilines is 1. The lowest BCUT2D eigenvalue weighted by atomic mass is 9.98. The summed E-state index contributed by atoms with van der Waals surface area (Å²) < 4.78 is 44.7. The first-order chi connectivity index (χ1) is 13.2. The summed E-state index contributed by atoms with van der Waals surface area (Å²) in [5.41, 5.74) is -0.00427. The van der Waals surface area contributed by atoms with Gasteiger partial charge in [0.1, 0.15) is 5.75 Å². The van der Waals surface area contributed by atoms with Crippen LogP contribution in [-0.4, -0.2) is 12.0 Å². The summed E-state index contributed by atoms with van der Waals surface area (Å²) in [5.74, 6) is 0.284. The summed E-state index contributed by atoms with van der Waals surface area (Å²) in [6, 6.07) is 10.2. The number of para-hydroxylation sites is 1. The van der Waals surface area contributed by atoms with Crippen molar-refractivity contribution in [2.45, 2.75) is 51.8 Å². The van der Waals surface area contributed by atoms with E-state index in [1.54, 1.807) is 13.0 Å². The molecule has 2 aromatic rings. The van der Waals surface area contributed by atoms with Crippen LogP contribution in [0.15, 0.2) is 42.5 Å². The van der Waals surface area contributed by atoms with Crippen molar-refractivity contribution in [1.82, 2.24) is 0 Å². The quantitative estimate of drug-likeness (QED) is 0.550. The molecule has 1 amide bonds. The second-order valence-electron chi connectivity index (χ2n) is 6.54. The Balaban J connectivity index is 2.22. The fourth-order valence-electron chi connectivity index (χ4n) is 2.70. The average molecular weight is 414 g/mol. The third kappa shape index (κ3) is 5.41. The lowest BCUT2D eigenvalue weighted by Gasteiger charge is -2.21. The molecule has 1 N–H and O–H groups in total. The Morgan fingerprint density at radius 3 is 2.43 bits per heavy atom. The first-order valence-electron chi connectivity index (χ1n) is 9.10. The highest BCUT2D eigenvalue weighted by Crippen LogP contribution is 2.34. The number of hydrogen-bond acceptors (Lipinski definition) is 2. The van der Waals surface area contributed by atoms with Gasteiger partial charge < -0.3 is 10.1 Å². The Labute approximate surface area is 167 Å². The van der Waals surface area contributed by atoms with E-state index in [-0.39, 0.29) is 16.6 Å². The van der Waals surface area contributed by atoms with Crippen molar-refractivity contribution in [3.8, 4) is 5.75 Å². The molecule has 0 spiro atoms. The van der Waals surface area contributed by atoms with Crippen molar-refractivity contribution < 1.29 is 22.7 Å². The summed E-state index contributed by atoms with van der Waals surface area (Å²) >= 11 is 5.96. The fourth-order valence-corrected chi connectivity index (χ4v) is 2.87. The van der Waals surface area contributed by atoms with Gasteiger partial charge >= 0.3 is 6.18 Å². The van der Waals surface area contributed by atoms with Gasteiger partial charge in [0.25, 0.3) is 5.91 Å². The number of carbonyl (C=O) groups is 1. The van der Waals surface area contributed by atoms with Gasteiger partial charge in [-0.25, -0.2) is 0 Å². The molecule has 2 aromatic carbocycles. The monoisotopic (exact) mass is 413 g/mol. The number of carbonyl (C=O) groups excluding carboxylic acids is 1. The van der Waals surface area contributed by atoms with E-state index in [1.165, 1.54) is 0 Å². The van der Waals surface area contributed by atoms with Crippen LogP contribution in [0.25, 0.3) is 0 Å². The number of nitrogens with one attached hydrogen (secondary N) is 1. The first-order valence-corrected chi connectivity index (χ1v) is 9.48. The Bertz CT molecular complexity index is 824. The second-order valence-corrected chi connectivity index (χ2v) is 6.95. The maximum absolute atomic E-state index is 12.9. The maximum Gasteiger partial charge on any atom is 0.416 e. The molecule has 0 aliphatic carbocycles. The number of amides is 1. The van der Waals surface area contributed by atoms with Gasteiger partial charge in [-0.3, -0.25) is 4.79 Å². The van der Waals surface area contributed by atoms with Crippen molar-refractivity contribution in [3.05, 3.63) is 58.6 Å². The van der Waals surface area contributed by atoms with Crippen LogP contribution in [-0.2, 0) is 11.0 Å². The predicted octanol–water partition coefficient (Wildman–Crippen LogP) is 6.67. The molecule has 0 radical (unpaired) electrons. The molecule has 0 saturated heterocycles. The lowest BCUT2D eigenvalue weighted by molar-refractivity contribution is -0.137. The molecule has 7 heteroatoms. The molecule has 0 aliphatic rings. The van der Waals surface area contributed by atoms with Crippen LogP contribution in [0.3, 0.4) is 0 Å². The zero-order chi connectivity index (χ0) is 20.9. The number of benzene rings is 2. The molecule has 2 unspecified atom stereocenters. The van der Waals surface area contributed by atoms with Gasteiger partial charge in [0.15, 0.2) is 6.10 Å². The molecular formula is C21H23ClF3NO2. The summed E-state index contributed by atoms with van der Waals surface area (Å²) in [6.45, 7) is 5.89. The molecule has 0 heterocycles. The van der Waals surface area contributed by atoms with Gasteiger partial charge in [-0.2, -0.15) is 13.2 Å². The van der Waals surface area contributed by atoms with Crippen LogP contribution in [0, 0.1) is 0 Å². The van der Waals surface area contributed by atoms with Gasteiger partial charge in [0, 0.05) is 0 Å². The van der Waals surface area contributed by atoms with Crippen LogP contribution in [0.5, 0.6) is 5.75 Å². The Hall–Kier alpha value is -2.21. The van der Waals surface area contributed by atoms with Crippen molar-refractivity contribution in [2.75, 3.05) is 5.32 Å². The van der Waals surface area contributed by atoms with Crippen LogP contribution in [0.1, 0.15) is 50.7 Å². The molecule has 0 aromatic heterocycles. The summed E-state index contributed by atoms with van der Waals surface area (Å²) in [6.07, 6.45) is -4.14. The molecule has 0 aliphatic heterocycles.